The van der Waals surface area contributed by atoms with Gasteiger partial charge in [-0.2, -0.15) is 5.26 Å². The van der Waals surface area contributed by atoms with E-state index in [1.807, 2.05) is 31.2 Å². The van der Waals surface area contributed by atoms with Crippen LogP contribution in [0.4, 0.5) is 10.7 Å². The van der Waals surface area contributed by atoms with Gasteiger partial charge in [-0.25, -0.2) is 0 Å². The number of fused-ring (bicyclic) bond motifs is 1. The Labute approximate surface area is 201 Å². The van der Waals surface area contributed by atoms with E-state index in [-0.39, 0.29) is 28.9 Å². The van der Waals surface area contributed by atoms with Crippen molar-refractivity contribution in [2.24, 2.45) is 5.92 Å². The van der Waals surface area contributed by atoms with E-state index in [1.165, 1.54) is 23.1 Å². The Kier molecular flexibility index (Phi) is 7.05. The number of carbonyl (C=O) groups is 3. The highest BCUT2D eigenvalue weighted by Gasteiger charge is 2.30. The minimum atomic E-state index is -0.348. The fraction of sp³-hybridized carbons (Fsp3) is 0.417. The molecular weight excluding hydrogens is 456 g/mol. The molecule has 4 rings (SSSR count). The molecule has 1 aliphatic heterocycles. The van der Waals surface area contributed by atoms with E-state index in [0.717, 1.165) is 33.9 Å². The van der Waals surface area contributed by atoms with Crippen LogP contribution in [0.25, 0.3) is 0 Å². The van der Waals surface area contributed by atoms with E-state index in [4.69, 9.17) is 0 Å². The molecular formula is C24H26N4O3S2. The van der Waals surface area contributed by atoms with Crippen LogP contribution >= 0.6 is 23.1 Å². The Balaban J connectivity index is 1.45. The first-order chi connectivity index (χ1) is 15.9. The zero-order valence-electron chi connectivity index (χ0n) is 18.6. The van der Waals surface area contributed by atoms with Crippen LogP contribution in [0, 0.1) is 17.2 Å². The van der Waals surface area contributed by atoms with Gasteiger partial charge in [-0.05, 0) is 49.4 Å². The van der Waals surface area contributed by atoms with E-state index in [2.05, 4.69) is 16.7 Å². The largest absolute Gasteiger partial charge is 0.337 e. The van der Waals surface area contributed by atoms with Crippen molar-refractivity contribution in [2.75, 3.05) is 17.2 Å². The third-order valence-electron chi connectivity index (χ3n) is 5.84. The predicted octanol–water partition coefficient (Wildman–Crippen LogP) is 4.38. The molecule has 0 radical (unpaired) electrons. The third kappa shape index (κ3) is 5.40. The standard InChI is InChI=1S/C24H26N4O3S2/c1-3-20(32-17-6-4-5-16(11-17)26-22(30)15-7-8-15)23(31)27-24-19(12-25)18-9-10-28(14(2)29)13-21(18)33-24/h4-6,11,15,20H,3,7-10,13H2,1-2H3,(H,26,30)(H,27,31). The van der Waals surface area contributed by atoms with Crippen LogP contribution in [0.2, 0.25) is 0 Å². The number of amides is 3. The molecule has 1 saturated carbocycles. The maximum atomic E-state index is 13.1. The Bertz CT molecular complexity index is 1130. The van der Waals surface area contributed by atoms with Crippen molar-refractivity contribution in [1.82, 2.24) is 4.90 Å². The van der Waals surface area contributed by atoms with Crippen molar-refractivity contribution in [3.8, 4) is 6.07 Å². The van der Waals surface area contributed by atoms with Crippen molar-refractivity contribution in [2.45, 2.75) is 56.2 Å². The number of nitrogens with one attached hydrogen (secondary N) is 2. The van der Waals surface area contributed by atoms with Gasteiger partial charge in [-0.15, -0.1) is 23.1 Å². The Hall–Kier alpha value is -2.83. The number of nitriles is 1. The van der Waals surface area contributed by atoms with Crippen molar-refractivity contribution in [3.63, 3.8) is 0 Å². The van der Waals surface area contributed by atoms with E-state index < -0.39 is 0 Å². The van der Waals surface area contributed by atoms with Crippen LogP contribution in [0.5, 0.6) is 0 Å². The number of thiophene rings is 1. The molecule has 3 amide bonds. The summed E-state index contributed by atoms with van der Waals surface area (Å²) >= 11 is 2.82. The molecule has 33 heavy (non-hydrogen) atoms. The fourth-order valence-electron chi connectivity index (χ4n) is 3.79. The second-order valence-corrected chi connectivity index (χ2v) is 10.7. The highest BCUT2D eigenvalue weighted by Crippen LogP contribution is 2.38. The quantitative estimate of drug-likeness (QED) is 0.570. The van der Waals surface area contributed by atoms with Crippen molar-refractivity contribution >= 4 is 51.5 Å². The number of carbonyl (C=O) groups excluding carboxylic acids is 3. The van der Waals surface area contributed by atoms with Crippen LogP contribution in [0.1, 0.15) is 49.1 Å². The molecule has 2 heterocycles. The molecule has 1 unspecified atom stereocenters. The Morgan fingerprint density at radius 2 is 2.09 bits per heavy atom. The van der Waals surface area contributed by atoms with Crippen molar-refractivity contribution in [1.29, 1.82) is 5.26 Å². The lowest BCUT2D eigenvalue weighted by atomic mass is 10.0. The summed E-state index contributed by atoms with van der Waals surface area (Å²) in [5.74, 6) is 0.0319. The average Bonchev–Trinajstić information content (AvgIpc) is 3.59. The van der Waals surface area contributed by atoms with Crippen LogP contribution in [-0.4, -0.2) is 34.4 Å². The fourth-order valence-corrected chi connectivity index (χ4v) is 6.02. The van der Waals surface area contributed by atoms with Crippen LogP contribution < -0.4 is 10.6 Å². The summed E-state index contributed by atoms with van der Waals surface area (Å²) in [6.07, 6.45) is 3.12. The number of hydrogen-bond acceptors (Lipinski definition) is 6. The summed E-state index contributed by atoms with van der Waals surface area (Å²) in [7, 11) is 0. The van der Waals surface area contributed by atoms with Crippen molar-refractivity contribution < 1.29 is 14.4 Å². The molecule has 2 N–H and O–H groups in total. The monoisotopic (exact) mass is 482 g/mol. The molecule has 1 atom stereocenters. The predicted molar refractivity (Wildman–Crippen MR) is 130 cm³/mol. The number of thioether (sulfide) groups is 1. The SMILES string of the molecule is CCC(Sc1cccc(NC(=O)C2CC2)c1)C(=O)Nc1sc2c(c1C#N)CCN(C(C)=O)C2. The first kappa shape index (κ1) is 23.3. The van der Waals surface area contributed by atoms with E-state index in [1.54, 1.807) is 11.8 Å². The van der Waals surface area contributed by atoms with E-state index >= 15 is 0 Å². The molecule has 0 spiro atoms. The number of benzene rings is 1. The Morgan fingerprint density at radius 3 is 2.76 bits per heavy atom. The van der Waals surface area contributed by atoms with Gasteiger partial charge in [-0.1, -0.05) is 13.0 Å². The highest BCUT2D eigenvalue weighted by atomic mass is 32.2. The van der Waals surface area contributed by atoms with Gasteiger partial charge in [0, 0.05) is 34.8 Å². The maximum absolute atomic E-state index is 13.1. The highest BCUT2D eigenvalue weighted by molar-refractivity contribution is 8.00. The third-order valence-corrected chi connectivity index (χ3v) is 8.33. The van der Waals surface area contributed by atoms with E-state index in [0.29, 0.717) is 36.5 Å². The van der Waals surface area contributed by atoms with Gasteiger partial charge in [0.25, 0.3) is 0 Å². The minimum absolute atomic E-state index is 0.0103. The Morgan fingerprint density at radius 1 is 1.30 bits per heavy atom. The minimum Gasteiger partial charge on any atom is -0.337 e. The summed E-state index contributed by atoms with van der Waals surface area (Å²) in [6, 6.07) is 9.78. The molecule has 172 valence electrons. The zero-order valence-corrected chi connectivity index (χ0v) is 20.3. The van der Waals surface area contributed by atoms with Crippen LogP contribution in [-0.2, 0) is 27.3 Å². The second kappa shape index (κ2) is 9.98. The van der Waals surface area contributed by atoms with Crippen LogP contribution in [0.15, 0.2) is 29.2 Å². The maximum Gasteiger partial charge on any atom is 0.238 e. The molecule has 0 bridgehead atoms. The summed E-state index contributed by atoms with van der Waals surface area (Å²) in [5.41, 5.74) is 2.19. The first-order valence-corrected chi connectivity index (χ1v) is 12.8. The smallest absolute Gasteiger partial charge is 0.238 e. The van der Waals surface area contributed by atoms with Crippen molar-refractivity contribution in [3.05, 3.63) is 40.3 Å². The van der Waals surface area contributed by atoms with Gasteiger partial charge < -0.3 is 15.5 Å². The second-order valence-electron chi connectivity index (χ2n) is 8.31. The molecule has 1 aliphatic carbocycles. The van der Waals surface area contributed by atoms with Gasteiger partial charge in [0.1, 0.15) is 11.1 Å². The zero-order chi connectivity index (χ0) is 23.5. The average molecular weight is 483 g/mol. The number of hydrogen-bond donors (Lipinski definition) is 2. The lowest BCUT2D eigenvalue weighted by Gasteiger charge is -2.25. The summed E-state index contributed by atoms with van der Waals surface area (Å²) in [6.45, 7) is 4.56. The molecule has 2 aromatic rings. The number of anilines is 2. The molecule has 1 fully saturated rings. The summed E-state index contributed by atoms with van der Waals surface area (Å²) < 4.78 is 0. The lowest BCUT2D eigenvalue weighted by Crippen LogP contribution is -2.33. The number of nitrogens with zero attached hydrogens (tertiary/aromatic N) is 2. The van der Waals surface area contributed by atoms with Gasteiger partial charge in [0.05, 0.1) is 17.4 Å². The topological polar surface area (TPSA) is 102 Å². The van der Waals surface area contributed by atoms with Gasteiger partial charge in [0.15, 0.2) is 0 Å². The molecule has 2 aliphatic rings. The molecule has 7 nitrogen and oxygen atoms in total. The van der Waals surface area contributed by atoms with Crippen LogP contribution in [0.3, 0.4) is 0 Å². The van der Waals surface area contributed by atoms with Gasteiger partial charge in [0.2, 0.25) is 17.7 Å². The molecule has 1 aromatic heterocycles. The summed E-state index contributed by atoms with van der Waals surface area (Å²) in [4.78, 5) is 40.5. The molecule has 1 aromatic carbocycles. The lowest BCUT2D eigenvalue weighted by molar-refractivity contribution is -0.129. The normalized spacial score (nSPS) is 15.8. The summed E-state index contributed by atoms with van der Waals surface area (Å²) in [5, 5.41) is 15.8. The number of rotatable bonds is 7. The first-order valence-electron chi connectivity index (χ1n) is 11.1. The molecule has 0 saturated heterocycles. The molecule has 9 heteroatoms. The van der Waals surface area contributed by atoms with Gasteiger partial charge in [-0.3, -0.25) is 14.4 Å². The van der Waals surface area contributed by atoms with Gasteiger partial charge >= 0.3 is 0 Å². The van der Waals surface area contributed by atoms with E-state index in [9.17, 15) is 19.6 Å².